The van der Waals surface area contributed by atoms with E-state index in [1.54, 1.807) is 23.1 Å². The summed E-state index contributed by atoms with van der Waals surface area (Å²) in [5.74, 6) is 1.15. The van der Waals surface area contributed by atoms with Crippen LogP contribution in [0.15, 0.2) is 48.5 Å². The number of nitrogens with zero attached hydrogens (tertiary/aromatic N) is 2. The van der Waals surface area contributed by atoms with Gasteiger partial charge in [-0.15, -0.1) is 11.8 Å². The maximum atomic E-state index is 13.0. The Morgan fingerprint density at radius 2 is 1.74 bits per heavy atom. The Morgan fingerprint density at radius 1 is 1.00 bits per heavy atom. The Balaban J connectivity index is 1.34. The van der Waals surface area contributed by atoms with Crippen LogP contribution in [-0.4, -0.2) is 52.0 Å². The van der Waals surface area contributed by atoms with Crippen LogP contribution in [0.3, 0.4) is 0 Å². The number of nitrogens with one attached hydrogen (secondary N) is 1. The molecule has 2 aliphatic heterocycles. The lowest BCUT2D eigenvalue weighted by molar-refractivity contribution is -0.134. The van der Waals surface area contributed by atoms with Crippen LogP contribution < -0.4 is 5.32 Å². The van der Waals surface area contributed by atoms with Crippen molar-refractivity contribution in [2.45, 2.75) is 30.6 Å². The molecule has 2 heterocycles. The maximum Gasteiger partial charge on any atom is 0.321 e. The van der Waals surface area contributed by atoms with Crippen molar-refractivity contribution in [1.29, 1.82) is 0 Å². The first-order chi connectivity index (χ1) is 15.0. The minimum atomic E-state index is -0.196. The van der Waals surface area contributed by atoms with E-state index in [-0.39, 0.29) is 16.8 Å². The Bertz CT molecular complexity index is 949. The molecule has 3 amide bonds. The number of piperidine rings is 1. The largest absolute Gasteiger partial charge is 0.327 e. The minimum Gasteiger partial charge on any atom is -0.327 e. The summed E-state index contributed by atoms with van der Waals surface area (Å²) in [6.45, 7) is 1.97. The van der Waals surface area contributed by atoms with Crippen molar-refractivity contribution in [3.8, 4) is 0 Å². The molecule has 0 radical (unpaired) electrons. The Kier molecular flexibility index (Phi) is 6.99. The molecular weight excluding hydrogens is 453 g/mol. The van der Waals surface area contributed by atoms with E-state index in [9.17, 15) is 9.59 Å². The predicted octanol–water partition coefficient (Wildman–Crippen LogP) is 5.53. The fourth-order valence-corrected chi connectivity index (χ4v) is 6.08. The van der Waals surface area contributed by atoms with Gasteiger partial charge < -0.3 is 15.1 Å². The van der Waals surface area contributed by atoms with Gasteiger partial charge in [0.1, 0.15) is 0 Å². The van der Waals surface area contributed by atoms with Crippen molar-refractivity contribution < 1.29 is 9.59 Å². The quantitative estimate of drug-likeness (QED) is 0.629. The van der Waals surface area contributed by atoms with Crippen LogP contribution in [0.4, 0.5) is 10.5 Å². The molecule has 2 aromatic rings. The standard InChI is InChI=1S/C23H25Cl2N3O2S/c24-18-7-4-8-19(21(18)25)26-22(30)27-13-11-23(12-14-27)28(15-16-31-23)20(29)10-9-17-5-2-1-3-6-17/h1-8H,9-16H2,(H,26,30). The lowest BCUT2D eigenvalue weighted by atomic mass is 10.0. The number of benzene rings is 2. The Morgan fingerprint density at radius 3 is 2.48 bits per heavy atom. The van der Waals surface area contributed by atoms with Gasteiger partial charge in [0.05, 0.1) is 20.6 Å². The van der Waals surface area contributed by atoms with E-state index in [0.29, 0.717) is 35.2 Å². The monoisotopic (exact) mass is 477 g/mol. The fraction of sp³-hybridized carbons (Fsp3) is 0.391. The lowest BCUT2D eigenvalue weighted by Gasteiger charge is -2.44. The van der Waals surface area contributed by atoms with E-state index in [1.165, 1.54) is 5.56 Å². The Hall–Kier alpha value is -1.89. The highest BCUT2D eigenvalue weighted by Crippen LogP contribution is 2.44. The third-order valence-corrected chi connectivity index (χ3v) is 8.35. The van der Waals surface area contributed by atoms with Crippen LogP contribution in [-0.2, 0) is 11.2 Å². The molecule has 164 valence electrons. The zero-order valence-electron chi connectivity index (χ0n) is 17.2. The number of likely N-dealkylation sites (tertiary alicyclic amines) is 1. The highest BCUT2D eigenvalue weighted by molar-refractivity contribution is 8.00. The van der Waals surface area contributed by atoms with Gasteiger partial charge in [0, 0.05) is 31.8 Å². The molecule has 5 nitrogen and oxygen atoms in total. The summed E-state index contributed by atoms with van der Waals surface area (Å²) in [5, 5.41) is 3.60. The van der Waals surface area contributed by atoms with Crippen LogP contribution >= 0.6 is 35.0 Å². The normalized spacial score (nSPS) is 17.7. The molecule has 2 saturated heterocycles. The van der Waals surface area contributed by atoms with Gasteiger partial charge in [-0.1, -0.05) is 59.6 Å². The van der Waals surface area contributed by atoms with E-state index in [2.05, 4.69) is 22.3 Å². The first-order valence-electron chi connectivity index (χ1n) is 10.5. The molecule has 0 aliphatic carbocycles. The number of halogens is 2. The van der Waals surface area contributed by atoms with Crippen molar-refractivity contribution in [3.05, 3.63) is 64.1 Å². The van der Waals surface area contributed by atoms with Gasteiger partial charge in [0.2, 0.25) is 5.91 Å². The number of carbonyl (C=O) groups excluding carboxylic acids is 2. The van der Waals surface area contributed by atoms with Gasteiger partial charge in [-0.2, -0.15) is 0 Å². The molecule has 8 heteroatoms. The highest BCUT2D eigenvalue weighted by Gasteiger charge is 2.46. The van der Waals surface area contributed by atoms with Crippen molar-refractivity contribution in [2.24, 2.45) is 0 Å². The average Bonchev–Trinajstić information content (AvgIpc) is 3.19. The molecule has 0 atom stereocenters. The zero-order chi connectivity index (χ0) is 21.8. The number of urea groups is 1. The number of hydrogen-bond acceptors (Lipinski definition) is 3. The SMILES string of the molecule is O=C(Nc1cccc(Cl)c1Cl)N1CCC2(CC1)SCCN2C(=O)CCc1ccccc1. The van der Waals surface area contributed by atoms with Gasteiger partial charge in [0.15, 0.2) is 0 Å². The van der Waals surface area contributed by atoms with Crippen molar-refractivity contribution in [1.82, 2.24) is 9.80 Å². The first kappa shape index (κ1) is 22.3. The van der Waals surface area contributed by atoms with Gasteiger partial charge in [-0.3, -0.25) is 4.79 Å². The second kappa shape index (κ2) is 9.72. The fourth-order valence-electron chi connectivity index (χ4n) is 4.26. The Labute approximate surface area is 197 Å². The summed E-state index contributed by atoms with van der Waals surface area (Å²) in [6, 6.07) is 15.1. The number of rotatable bonds is 4. The van der Waals surface area contributed by atoms with Crippen molar-refractivity contribution in [3.63, 3.8) is 0 Å². The molecule has 2 fully saturated rings. The lowest BCUT2D eigenvalue weighted by Crippen LogP contribution is -2.54. The third kappa shape index (κ3) is 4.97. The summed E-state index contributed by atoms with van der Waals surface area (Å²) in [4.78, 5) is 29.4. The summed E-state index contributed by atoms with van der Waals surface area (Å²) in [6.07, 6.45) is 2.81. The second-order valence-corrected chi connectivity index (χ2v) is 10.1. The molecule has 2 aromatic carbocycles. The second-order valence-electron chi connectivity index (χ2n) is 7.84. The third-order valence-electron chi connectivity index (χ3n) is 5.97. The van der Waals surface area contributed by atoms with Gasteiger partial charge >= 0.3 is 6.03 Å². The summed E-state index contributed by atoms with van der Waals surface area (Å²) in [5.41, 5.74) is 1.69. The number of aryl methyl sites for hydroxylation is 1. The van der Waals surface area contributed by atoms with Gasteiger partial charge in [-0.05, 0) is 37.0 Å². The molecule has 0 saturated carbocycles. The van der Waals surface area contributed by atoms with Gasteiger partial charge in [-0.25, -0.2) is 4.79 Å². The summed E-state index contributed by atoms with van der Waals surface area (Å²) in [7, 11) is 0. The first-order valence-corrected chi connectivity index (χ1v) is 12.2. The average molecular weight is 478 g/mol. The molecule has 0 bridgehead atoms. The van der Waals surface area contributed by atoms with Crippen LogP contribution in [0.25, 0.3) is 0 Å². The number of carbonyl (C=O) groups is 2. The number of amides is 3. The molecule has 0 aromatic heterocycles. The molecule has 0 unspecified atom stereocenters. The van der Waals surface area contributed by atoms with Gasteiger partial charge in [0.25, 0.3) is 0 Å². The van der Waals surface area contributed by atoms with Crippen LogP contribution in [0.1, 0.15) is 24.8 Å². The molecule has 2 aliphatic rings. The topological polar surface area (TPSA) is 52.7 Å². The zero-order valence-corrected chi connectivity index (χ0v) is 19.5. The number of thioether (sulfide) groups is 1. The van der Waals surface area contributed by atoms with E-state index < -0.39 is 0 Å². The van der Waals surface area contributed by atoms with E-state index in [4.69, 9.17) is 23.2 Å². The van der Waals surface area contributed by atoms with Crippen LogP contribution in [0.2, 0.25) is 10.0 Å². The van der Waals surface area contributed by atoms with Crippen molar-refractivity contribution >= 4 is 52.6 Å². The molecule has 1 N–H and O–H groups in total. The molecule has 1 spiro atoms. The highest BCUT2D eigenvalue weighted by atomic mass is 35.5. The van der Waals surface area contributed by atoms with E-state index in [1.807, 2.05) is 30.0 Å². The smallest absolute Gasteiger partial charge is 0.321 e. The van der Waals surface area contributed by atoms with Crippen molar-refractivity contribution in [2.75, 3.05) is 30.7 Å². The molecular formula is C23H25Cl2N3O2S. The molecule has 4 rings (SSSR count). The maximum absolute atomic E-state index is 13.0. The molecule has 31 heavy (non-hydrogen) atoms. The number of anilines is 1. The van der Waals surface area contributed by atoms with Crippen LogP contribution in [0.5, 0.6) is 0 Å². The van der Waals surface area contributed by atoms with E-state index >= 15 is 0 Å². The van der Waals surface area contributed by atoms with Crippen LogP contribution in [0, 0.1) is 0 Å². The predicted molar refractivity (Wildman–Crippen MR) is 128 cm³/mol. The summed E-state index contributed by atoms with van der Waals surface area (Å²) >= 11 is 14.1. The number of hydrogen-bond donors (Lipinski definition) is 1. The van der Waals surface area contributed by atoms with E-state index in [0.717, 1.165) is 31.6 Å². The minimum absolute atomic E-state index is 0.191. The summed E-state index contributed by atoms with van der Waals surface area (Å²) < 4.78 is 0.